The monoisotopic (exact) mass is 314 g/mol. The zero-order chi connectivity index (χ0) is 16.1. The normalized spacial score (nSPS) is 17.4. The molecule has 1 N–H and O–H groups in total. The first-order valence-corrected chi connectivity index (χ1v) is 7.94. The van der Waals surface area contributed by atoms with E-state index in [4.69, 9.17) is 4.84 Å². The molecule has 1 aromatic carbocycles. The average Bonchev–Trinajstić information content (AvgIpc) is 3.18. The summed E-state index contributed by atoms with van der Waals surface area (Å²) in [6.45, 7) is 3.88. The van der Waals surface area contributed by atoms with E-state index in [1.807, 2.05) is 48.4 Å². The third-order valence-electron chi connectivity index (χ3n) is 4.21. The fourth-order valence-electron chi connectivity index (χ4n) is 2.93. The molecule has 1 aliphatic rings. The number of rotatable bonds is 5. The number of carbonyl (C=O) groups excluding carboxylic acids is 1. The smallest absolute Gasteiger partial charge is 0.333 e. The highest BCUT2D eigenvalue weighted by atomic mass is 16.7. The molecule has 0 radical (unpaired) electrons. The highest BCUT2D eigenvalue weighted by Crippen LogP contribution is 2.19. The van der Waals surface area contributed by atoms with Gasteiger partial charge in [-0.25, -0.2) is 15.3 Å². The van der Waals surface area contributed by atoms with E-state index in [1.165, 1.54) is 0 Å². The van der Waals surface area contributed by atoms with Crippen molar-refractivity contribution < 1.29 is 9.63 Å². The Kier molecular flexibility index (Phi) is 4.92. The molecule has 0 saturated carbocycles. The summed E-state index contributed by atoms with van der Waals surface area (Å²) in [6, 6.07) is 9.80. The molecule has 3 rings (SSSR count). The molecule has 2 aromatic rings. The summed E-state index contributed by atoms with van der Waals surface area (Å²) in [5.74, 6) is 0.970. The van der Waals surface area contributed by atoms with Gasteiger partial charge in [-0.3, -0.25) is 4.84 Å². The van der Waals surface area contributed by atoms with E-state index in [2.05, 4.69) is 15.0 Å². The standard InChI is InChI=1S/C17H22N4O2/c1-14-18-9-11-20(14)12-16-8-5-10-21(16)17(22)19-23-13-15-6-3-2-4-7-15/h2-4,6-7,9,11,16H,5,8,10,12-13H2,1H3,(H,19,22). The molecule has 6 heteroatoms. The molecule has 1 fully saturated rings. The number of nitrogens with zero attached hydrogens (tertiary/aromatic N) is 3. The topological polar surface area (TPSA) is 59.4 Å². The Hall–Kier alpha value is -2.34. The third kappa shape index (κ3) is 3.90. The molecule has 2 amide bonds. The molecule has 6 nitrogen and oxygen atoms in total. The molecular formula is C17H22N4O2. The number of urea groups is 1. The van der Waals surface area contributed by atoms with Crippen molar-refractivity contribution in [3.63, 3.8) is 0 Å². The van der Waals surface area contributed by atoms with Gasteiger partial charge < -0.3 is 9.47 Å². The van der Waals surface area contributed by atoms with E-state index < -0.39 is 0 Å². The summed E-state index contributed by atoms with van der Waals surface area (Å²) in [6.07, 6.45) is 5.77. The molecular weight excluding hydrogens is 292 g/mol. The summed E-state index contributed by atoms with van der Waals surface area (Å²) in [4.78, 5) is 23.7. The number of benzene rings is 1. The van der Waals surface area contributed by atoms with E-state index in [1.54, 1.807) is 6.20 Å². The number of nitrogens with one attached hydrogen (secondary N) is 1. The van der Waals surface area contributed by atoms with Gasteiger partial charge in [0.25, 0.3) is 0 Å². The minimum Gasteiger partial charge on any atom is -0.333 e. The van der Waals surface area contributed by atoms with E-state index in [0.717, 1.165) is 37.3 Å². The Morgan fingerprint density at radius 2 is 2.22 bits per heavy atom. The van der Waals surface area contributed by atoms with Crippen LogP contribution in [0.25, 0.3) is 0 Å². The van der Waals surface area contributed by atoms with Gasteiger partial charge in [-0.1, -0.05) is 30.3 Å². The van der Waals surface area contributed by atoms with E-state index in [0.29, 0.717) is 6.61 Å². The Balaban J connectivity index is 1.51. The zero-order valence-corrected chi connectivity index (χ0v) is 13.3. The SMILES string of the molecule is Cc1nccn1CC1CCCN1C(=O)NOCc1ccccc1. The van der Waals surface area contributed by atoms with E-state index in [-0.39, 0.29) is 12.1 Å². The Labute approximate surface area is 136 Å². The Morgan fingerprint density at radius 3 is 2.96 bits per heavy atom. The van der Waals surface area contributed by atoms with Crippen molar-refractivity contribution in [2.75, 3.05) is 6.54 Å². The van der Waals surface area contributed by atoms with E-state index in [9.17, 15) is 4.79 Å². The van der Waals surface area contributed by atoms with Crippen molar-refractivity contribution in [1.29, 1.82) is 0 Å². The lowest BCUT2D eigenvalue weighted by atomic mass is 10.2. The van der Waals surface area contributed by atoms with Gasteiger partial charge in [0.2, 0.25) is 0 Å². The number of hydrogen-bond donors (Lipinski definition) is 1. The summed E-state index contributed by atoms with van der Waals surface area (Å²) >= 11 is 0. The molecule has 1 aliphatic heterocycles. The predicted octanol–water partition coefficient (Wildman–Crippen LogP) is 2.50. The first-order valence-electron chi connectivity index (χ1n) is 7.94. The van der Waals surface area contributed by atoms with Crippen molar-refractivity contribution in [1.82, 2.24) is 19.9 Å². The van der Waals surface area contributed by atoms with Gasteiger partial charge in [0, 0.05) is 25.5 Å². The van der Waals surface area contributed by atoms with Crippen molar-refractivity contribution >= 4 is 6.03 Å². The van der Waals surface area contributed by atoms with Crippen LogP contribution < -0.4 is 5.48 Å². The first-order chi connectivity index (χ1) is 11.2. The van der Waals surface area contributed by atoms with Gasteiger partial charge in [-0.05, 0) is 25.3 Å². The van der Waals surface area contributed by atoms with Crippen LogP contribution in [-0.4, -0.2) is 33.1 Å². The zero-order valence-electron chi connectivity index (χ0n) is 13.3. The molecule has 23 heavy (non-hydrogen) atoms. The second kappa shape index (κ2) is 7.28. The summed E-state index contributed by atoms with van der Waals surface area (Å²) in [5, 5.41) is 0. The van der Waals surface area contributed by atoms with Gasteiger partial charge in [0.05, 0.1) is 12.6 Å². The number of likely N-dealkylation sites (tertiary alicyclic amines) is 1. The number of imidazole rings is 1. The lowest BCUT2D eigenvalue weighted by molar-refractivity contribution is 0.0345. The quantitative estimate of drug-likeness (QED) is 0.863. The predicted molar refractivity (Wildman–Crippen MR) is 86.5 cm³/mol. The number of hydroxylamine groups is 1. The molecule has 0 bridgehead atoms. The van der Waals surface area contributed by atoms with Crippen LogP contribution >= 0.6 is 0 Å². The van der Waals surface area contributed by atoms with Gasteiger partial charge in [-0.2, -0.15) is 0 Å². The van der Waals surface area contributed by atoms with Crippen molar-refractivity contribution in [3.05, 3.63) is 54.1 Å². The lowest BCUT2D eigenvalue weighted by Crippen LogP contribution is -2.44. The lowest BCUT2D eigenvalue weighted by Gasteiger charge is -2.25. The molecule has 1 saturated heterocycles. The van der Waals surface area contributed by atoms with Crippen LogP contribution in [0.1, 0.15) is 24.2 Å². The van der Waals surface area contributed by atoms with Crippen LogP contribution in [0, 0.1) is 6.92 Å². The van der Waals surface area contributed by atoms with Gasteiger partial charge in [0.15, 0.2) is 0 Å². The number of aromatic nitrogens is 2. The largest absolute Gasteiger partial charge is 0.341 e. The maximum absolute atomic E-state index is 12.3. The van der Waals surface area contributed by atoms with Crippen molar-refractivity contribution in [2.45, 2.75) is 39.0 Å². The molecule has 1 unspecified atom stereocenters. The molecule has 0 spiro atoms. The maximum atomic E-state index is 12.3. The highest BCUT2D eigenvalue weighted by Gasteiger charge is 2.29. The van der Waals surface area contributed by atoms with Gasteiger partial charge >= 0.3 is 6.03 Å². The molecule has 122 valence electrons. The minimum atomic E-state index is -0.166. The third-order valence-corrected chi connectivity index (χ3v) is 4.21. The van der Waals surface area contributed by atoms with E-state index >= 15 is 0 Å². The van der Waals surface area contributed by atoms with Crippen LogP contribution in [0.15, 0.2) is 42.7 Å². The second-order valence-corrected chi connectivity index (χ2v) is 5.80. The fourth-order valence-corrected chi connectivity index (χ4v) is 2.93. The minimum absolute atomic E-state index is 0.166. The maximum Gasteiger partial charge on any atom is 0.341 e. The molecule has 1 aromatic heterocycles. The summed E-state index contributed by atoms with van der Waals surface area (Å²) < 4.78 is 2.08. The van der Waals surface area contributed by atoms with Crippen LogP contribution in [0.2, 0.25) is 0 Å². The van der Waals surface area contributed by atoms with Gasteiger partial charge in [-0.15, -0.1) is 0 Å². The Morgan fingerprint density at radius 1 is 1.39 bits per heavy atom. The van der Waals surface area contributed by atoms with Gasteiger partial charge in [0.1, 0.15) is 5.82 Å². The average molecular weight is 314 g/mol. The van der Waals surface area contributed by atoms with Crippen LogP contribution in [0.4, 0.5) is 4.79 Å². The number of amides is 2. The number of carbonyl (C=O) groups is 1. The van der Waals surface area contributed by atoms with Crippen molar-refractivity contribution in [2.24, 2.45) is 0 Å². The van der Waals surface area contributed by atoms with Crippen LogP contribution in [0.3, 0.4) is 0 Å². The number of aryl methyl sites for hydroxylation is 1. The first kappa shape index (κ1) is 15.6. The van der Waals surface area contributed by atoms with Crippen LogP contribution in [-0.2, 0) is 18.0 Å². The van der Waals surface area contributed by atoms with Crippen molar-refractivity contribution in [3.8, 4) is 0 Å². The van der Waals surface area contributed by atoms with Crippen LogP contribution in [0.5, 0.6) is 0 Å². The fraction of sp³-hybridized carbons (Fsp3) is 0.412. The summed E-state index contributed by atoms with van der Waals surface area (Å²) in [5.41, 5.74) is 3.59. The second-order valence-electron chi connectivity index (χ2n) is 5.80. The molecule has 2 heterocycles. The Bertz CT molecular complexity index is 641. The highest BCUT2D eigenvalue weighted by molar-refractivity contribution is 5.73. The summed E-state index contributed by atoms with van der Waals surface area (Å²) in [7, 11) is 0. The molecule has 1 atom stereocenters. The molecule has 0 aliphatic carbocycles. The number of hydrogen-bond acceptors (Lipinski definition) is 3.